The fraction of sp³-hybridized carbons (Fsp3) is 0.222. The number of methoxy groups -OCH3 is 2. The van der Waals surface area contributed by atoms with Gasteiger partial charge in [0.15, 0.2) is 0 Å². The maximum Gasteiger partial charge on any atom is 0.145 e. The minimum absolute atomic E-state index is 0.274. The summed E-state index contributed by atoms with van der Waals surface area (Å²) in [6, 6.07) is 13.0. The van der Waals surface area contributed by atoms with E-state index in [-0.39, 0.29) is 6.54 Å². The number of anilines is 1. The number of para-hydroxylation sites is 2. The molecule has 0 unspecified atom stereocenters. The van der Waals surface area contributed by atoms with E-state index >= 15 is 0 Å². The highest BCUT2D eigenvalue weighted by Crippen LogP contribution is 2.29. The van der Waals surface area contributed by atoms with Crippen LogP contribution in [0.1, 0.15) is 11.7 Å². The summed E-state index contributed by atoms with van der Waals surface area (Å²) in [5.74, 6) is 1.87. The molecule has 1 aromatic heterocycles. The number of fused-ring (bicyclic) bond motifs is 1. The van der Waals surface area contributed by atoms with Crippen LogP contribution in [-0.4, -0.2) is 35.8 Å². The zero-order chi connectivity index (χ0) is 16.9. The molecule has 0 aliphatic carbocycles. The molecular formula is C18H19N3O3. The van der Waals surface area contributed by atoms with Gasteiger partial charge in [0.25, 0.3) is 0 Å². The Balaban J connectivity index is 1.75. The number of hydrogen-bond donors (Lipinski definition) is 2. The summed E-state index contributed by atoms with van der Waals surface area (Å²) in [6.45, 7) is 0.274. The van der Waals surface area contributed by atoms with Gasteiger partial charge >= 0.3 is 0 Å². The third-order valence-electron chi connectivity index (χ3n) is 3.72. The van der Waals surface area contributed by atoms with E-state index < -0.39 is 6.10 Å². The van der Waals surface area contributed by atoms with E-state index in [0.717, 1.165) is 11.0 Å². The molecule has 0 spiro atoms. The van der Waals surface area contributed by atoms with Crippen molar-refractivity contribution in [2.75, 3.05) is 26.1 Å². The molecule has 124 valence electrons. The monoisotopic (exact) mass is 325 g/mol. The number of benzene rings is 2. The smallest absolute Gasteiger partial charge is 0.145 e. The number of aliphatic hydroxyl groups excluding tert-OH is 1. The summed E-state index contributed by atoms with van der Waals surface area (Å²) in [5, 5.41) is 13.6. The van der Waals surface area contributed by atoms with Crippen LogP contribution in [0.5, 0.6) is 11.5 Å². The number of rotatable bonds is 6. The topological polar surface area (TPSA) is 76.5 Å². The fourth-order valence-corrected chi connectivity index (χ4v) is 2.45. The Bertz CT molecular complexity index is 839. The van der Waals surface area contributed by atoms with Crippen molar-refractivity contribution < 1.29 is 14.6 Å². The Morgan fingerprint density at radius 1 is 1.08 bits per heavy atom. The van der Waals surface area contributed by atoms with Crippen LogP contribution in [0.3, 0.4) is 0 Å². The van der Waals surface area contributed by atoms with Gasteiger partial charge in [-0.2, -0.15) is 0 Å². The van der Waals surface area contributed by atoms with Crippen LogP contribution >= 0.6 is 0 Å². The number of nitrogens with one attached hydrogen (secondary N) is 1. The normalized spacial score (nSPS) is 12.0. The molecule has 0 amide bonds. The summed E-state index contributed by atoms with van der Waals surface area (Å²) in [7, 11) is 3.15. The third-order valence-corrected chi connectivity index (χ3v) is 3.72. The van der Waals surface area contributed by atoms with Crippen molar-refractivity contribution >= 4 is 16.9 Å². The standard InChI is InChI=1S/C18H19N3O3/c1-23-12-7-8-17(24-2)13(9-12)16(22)10-20-18-11-19-14-5-3-4-6-15(14)21-18/h3-9,11,16,22H,10H2,1-2H3,(H,20,21)/t16-/m1/s1. The lowest BCUT2D eigenvalue weighted by Gasteiger charge is -2.16. The molecule has 0 fully saturated rings. The molecule has 6 nitrogen and oxygen atoms in total. The molecule has 6 heteroatoms. The molecule has 1 heterocycles. The molecule has 3 aromatic rings. The molecule has 2 N–H and O–H groups in total. The van der Waals surface area contributed by atoms with Gasteiger partial charge in [-0.25, -0.2) is 4.98 Å². The van der Waals surface area contributed by atoms with Gasteiger partial charge in [-0.3, -0.25) is 4.98 Å². The average Bonchev–Trinajstić information content (AvgIpc) is 2.65. The van der Waals surface area contributed by atoms with E-state index in [4.69, 9.17) is 9.47 Å². The molecule has 0 aliphatic heterocycles. The first-order chi connectivity index (χ1) is 11.7. The van der Waals surface area contributed by atoms with Crippen molar-refractivity contribution in [2.45, 2.75) is 6.10 Å². The maximum atomic E-state index is 10.5. The van der Waals surface area contributed by atoms with Crippen LogP contribution < -0.4 is 14.8 Å². The minimum Gasteiger partial charge on any atom is -0.497 e. The lowest BCUT2D eigenvalue weighted by atomic mass is 10.1. The summed E-state index contributed by atoms with van der Waals surface area (Å²) >= 11 is 0. The Labute approximate surface area is 140 Å². The molecule has 0 bridgehead atoms. The molecule has 24 heavy (non-hydrogen) atoms. The van der Waals surface area contributed by atoms with Crippen molar-refractivity contribution in [3.63, 3.8) is 0 Å². The SMILES string of the molecule is COc1ccc(OC)c([C@H](O)CNc2cnc3ccccc3n2)c1. The van der Waals surface area contributed by atoms with Gasteiger partial charge in [0.1, 0.15) is 17.3 Å². The van der Waals surface area contributed by atoms with Crippen LogP contribution in [0, 0.1) is 0 Å². The van der Waals surface area contributed by atoms with Crippen LogP contribution in [0.4, 0.5) is 5.82 Å². The van der Waals surface area contributed by atoms with Gasteiger partial charge in [-0.15, -0.1) is 0 Å². The van der Waals surface area contributed by atoms with E-state index in [1.54, 1.807) is 38.6 Å². The largest absolute Gasteiger partial charge is 0.497 e. The number of ether oxygens (including phenoxy) is 2. The summed E-state index contributed by atoms with van der Waals surface area (Å²) in [5.41, 5.74) is 2.28. The molecule has 0 saturated carbocycles. The highest BCUT2D eigenvalue weighted by molar-refractivity contribution is 5.75. The molecule has 0 radical (unpaired) electrons. The first-order valence-corrected chi connectivity index (χ1v) is 7.57. The van der Waals surface area contributed by atoms with Gasteiger partial charge < -0.3 is 19.9 Å². The Morgan fingerprint density at radius 2 is 1.88 bits per heavy atom. The first kappa shape index (κ1) is 16.0. The Morgan fingerprint density at radius 3 is 2.62 bits per heavy atom. The van der Waals surface area contributed by atoms with Crippen molar-refractivity contribution in [3.8, 4) is 11.5 Å². The van der Waals surface area contributed by atoms with Crippen molar-refractivity contribution in [1.82, 2.24) is 9.97 Å². The van der Waals surface area contributed by atoms with Crippen LogP contribution in [0.15, 0.2) is 48.7 Å². The fourth-order valence-electron chi connectivity index (χ4n) is 2.45. The van der Waals surface area contributed by atoms with Crippen LogP contribution in [0.25, 0.3) is 11.0 Å². The van der Waals surface area contributed by atoms with Gasteiger partial charge in [0.2, 0.25) is 0 Å². The zero-order valence-electron chi connectivity index (χ0n) is 13.6. The third kappa shape index (κ3) is 3.38. The number of nitrogens with zero attached hydrogens (tertiary/aromatic N) is 2. The number of aromatic nitrogens is 2. The summed E-state index contributed by atoms with van der Waals surface area (Å²) in [4.78, 5) is 8.82. The van der Waals surface area contributed by atoms with E-state index in [2.05, 4.69) is 15.3 Å². The Hall–Kier alpha value is -2.86. The van der Waals surface area contributed by atoms with E-state index in [0.29, 0.717) is 22.9 Å². The van der Waals surface area contributed by atoms with Crippen LogP contribution in [-0.2, 0) is 0 Å². The van der Waals surface area contributed by atoms with Crippen molar-refractivity contribution in [3.05, 3.63) is 54.2 Å². The van der Waals surface area contributed by atoms with Gasteiger partial charge in [0.05, 0.1) is 37.6 Å². The lowest BCUT2D eigenvalue weighted by Crippen LogP contribution is -2.14. The predicted molar refractivity (Wildman–Crippen MR) is 92.5 cm³/mol. The minimum atomic E-state index is -0.775. The zero-order valence-corrected chi connectivity index (χ0v) is 13.6. The van der Waals surface area contributed by atoms with Crippen molar-refractivity contribution in [2.24, 2.45) is 0 Å². The quantitative estimate of drug-likeness (QED) is 0.726. The Kier molecular flexibility index (Phi) is 4.77. The lowest BCUT2D eigenvalue weighted by molar-refractivity contribution is 0.186. The van der Waals surface area contributed by atoms with Gasteiger partial charge in [-0.05, 0) is 30.3 Å². The predicted octanol–water partition coefficient (Wildman–Crippen LogP) is 2.79. The van der Waals surface area contributed by atoms with Crippen LogP contribution in [0.2, 0.25) is 0 Å². The first-order valence-electron chi connectivity index (χ1n) is 7.57. The van der Waals surface area contributed by atoms with Crippen molar-refractivity contribution in [1.29, 1.82) is 0 Å². The second kappa shape index (κ2) is 7.14. The molecule has 0 saturated heterocycles. The highest BCUT2D eigenvalue weighted by Gasteiger charge is 2.15. The van der Waals surface area contributed by atoms with E-state index in [1.165, 1.54) is 0 Å². The average molecular weight is 325 g/mol. The molecule has 1 atom stereocenters. The second-order valence-electron chi connectivity index (χ2n) is 5.25. The van der Waals surface area contributed by atoms with Gasteiger partial charge in [0, 0.05) is 12.1 Å². The second-order valence-corrected chi connectivity index (χ2v) is 5.25. The maximum absolute atomic E-state index is 10.5. The van der Waals surface area contributed by atoms with E-state index in [9.17, 15) is 5.11 Å². The number of hydrogen-bond acceptors (Lipinski definition) is 6. The molecule has 0 aliphatic rings. The highest BCUT2D eigenvalue weighted by atomic mass is 16.5. The summed E-state index contributed by atoms with van der Waals surface area (Å²) < 4.78 is 10.5. The molecule has 2 aromatic carbocycles. The molecular weight excluding hydrogens is 306 g/mol. The van der Waals surface area contributed by atoms with E-state index in [1.807, 2.05) is 24.3 Å². The van der Waals surface area contributed by atoms with Gasteiger partial charge in [-0.1, -0.05) is 12.1 Å². The number of aliphatic hydroxyl groups is 1. The summed E-state index contributed by atoms with van der Waals surface area (Å²) in [6.07, 6.45) is 0.876. The molecule has 3 rings (SSSR count).